The highest BCUT2D eigenvalue weighted by Gasteiger charge is 2.21. The molecule has 0 amide bonds. The van der Waals surface area contributed by atoms with Crippen LogP contribution in [0.5, 0.6) is 0 Å². The number of rotatable bonds is 4. The summed E-state index contributed by atoms with van der Waals surface area (Å²) in [7, 11) is 0. The van der Waals surface area contributed by atoms with E-state index in [-0.39, 0.29) is 6.04 Å². The predicted octanol–water partition coefficient (Wildman–Crippen LogP) is 3.39. The van der Waals surface area contributed by atoms with Gasteiger partial charge in [0.05, 0.1) is 18.9 Å². The fourth-order valence-electron chi connectivity index (χ4n) is 1.90. The van der Waals surface area contributed by atoms with Crippen LogP contribution < -0.4 is 5.32 Å². The van der Waals surface area contributed by atoms with Crippen molar-refractivity contribution in [2.24, 2.45) is 0 Å². The van der Waals surface area contributed by atoms with Crippen molar-refractivity contribution >= 4 is 15.9 Å². The summed E-state index contributed by atoms with van der Waals surface area (Å²) in [6, 6.07) is 4.05. The highest BCUT2D eigenvalue weighted by molar-refractivity contribution is 9.10. The molecule has 0 saturated heterocycles. The summed E-state index contributed by atoms with van der Waals surface area (Å²) in [5.41, 5.74) is 1.26. The van der Waals surface area contributed by atoms with Crippen LogP contribution >= 0.6 is 15.9 Å². The van der Waals surface area contributed by atoms with E-state index in [0.717, 1.165) is 36.4 Å². The lowest BCUT2D eigenvalue weighted by atomic mass is 10.00. The molecule has 0 bridgehead atoms. The van der Waals surface area contributed by atoms with Crippen LogP contribution in [0.4, 0.5) is 0 Å². The number of nitrogens with one attached hydrogen (secondary N) is 1. The van der Waals surface area contributed by atoms with Gasteiger partial charge in [-0.05, 0) is 53.0 Å². The van der Waals surface area contributed by atoms with E-state index in [2.05, 4.69) is 28.2 Å². The molecule has 1 aliphatic heterocycles. The minimum atomic E-state index is 0.136. The maximum absolute atomic E-state index is 5.61. The minimum absolute atomic E-state index is 0.136. The smallest absolute Gasteiger partial charge is 0.169 e. The molecule has 1 aliphatic rings. The molecule has 1 aromatic rings. The zero-order valence-corrected chi connectivity index (χ0v) is 10.9. The second-order valence-corrected chi connectivity index (χ2v) is 4.58. The Labute approximate surface area is 104 Å². The largest absolute Gasteiger partial charge is 0.501 e. The van der Waals surface area contributed by atoms with Crippen molar-refractivity contribution in [1.82, 2.24) is 5.32 Å². The Bertz CT molecular complexity index is 373. The third-order valence-electron chi connectivity index (χ3n) is 2.62. The monoisotopic (exact) mass is 285 g/mol. The third kappa shape index (κ3) is 2.68. The van der Waals surface area contributed by atoms with Crippen LogP contribution in [0.1, 0.15) is 31.6 Å². The molecule has 0 saturated carbocycles. The molecule has 2 heterocycles. The summed E-state index contributed by atoms with van der Waals surface area (Å²) >= 11 is 3.33. The van der Waals surface area contributed by atoms with E-state index >= 15 is 0 Å². The first-order chi connectivity index (χ1) is 7.81. The molecule has 2 rings (SSSR count). The molecule has 1 N–H and O–H groups in total. The lowest BCUT2D eigenvalue weighted by Crippen LogP contribution is -2.23. The first kappa shape index (κ1) is 11.7. The summed E-state index contributed by atoms with van der Waals surface area (Å²) in [4.78, 5) is 0. The summed E-state index contributed by atoms with van der Waals surface area (Å²) in [5, 5.41) is 3.42. The Hall–Kier alpha value is -0.740. The number of ether oxygens (including phenoxy) is 1. The molecule has 0 fully saturated rings. The van der Waals surface area contributed by atoms with Crippen molar-refractivity contribution in [3.05, 3.63) is 34.4 Å². The van der Waals surface area contributed by atoms with Crippen LogP contribution in [0.25, 0.3) is 0 Å². The summed E-state index contributed by atoms with van der Waals surface area (Å²) in [6.45, 7) is 3.82. The van der Waals surface area contributed by atoms with Gasteiger partial charge in [0.25, 0.3) is 0 Å². The van der Waals surface area contributed by atoms with E-state index in [1.165, 1.54) is 5.57 Å². The van der Waals surface area contributed by atoms with Crippen LogP contribution in [0.2, 0.25) is 0 Å². The zero-order valence-electron chi connectivity index (χ0n) is 9.33. The van der Waals surface area contributed by atoms with Gasteiger partial charge in [0.2, 0.25) is 0 Å². The lowest BCUT2D eigenvalue weighted by Gasteiger charge is -2.22. The third-order valence-corrected chi connectivity index (χ3v) is 3.05. The van der Waals surface area contributed by atoms with Crippen LogP contribution in [-0.2, 0) is 4.74 Å². The molecule has 0 aliphatic carbocycles. The first-order valence-corrected chi connectivity index (χ1v) is 6.39. The van der Waals surface area contributed by atoms with Gasteiger partial charge in [-0.1, -0.05) is 6.92 Å². The van der Waals surface area contributed by atoms with Gasteiger partial charge in [-0.3, -0.25) is 0 Å². The Morgan fingerprint density at radius 3 is 2.94 bits per heavy atom. The number of hydrogen-bond donors (Lipinski definition) is 1. The molecule has 88 valence electrons. The summed E-state index contributed by atoms with van der Waals surface area (Å²) in [6.07, 6.45) is 4.01. The van der Waals surface area contributed by atoms with Gasteiger partial charge in [0, 0.05) is 0 Å². The molecule has 0 radical (unpaired) electrons. The predicted molar refractivity (Wildman–Crippen MR) is 66.1 cm³/mol. The fourth-order valence-corrected chi connectivity index (χ4v) is 2.22. The zero-order chi connectivity index (χ0) is 11.4. The summed E-state index contributed by atoms with van der Waals surface area (Å²) < 4.78 is 11.8. The lowest BCUT2D eigenvalue weighted by molar-refractivity contribution is 0.217. The fraction of sp³-hybridized carbons (Fsp3) is 0.500. The number of hydrogen-bond acceptors (Lipinski definition) is 3. The molecular weight excluding hydrogens is 270 g/mol. The van der Waals surface area contributed by atoms with E-state index < -0.39 is 0 Å². The molecule has 1 unspecified atom stereocenters. The van der Waals surface area contributed by atoms with E-state index in [1.807, 2.05) is 18.4 Å². The molecule has 1 atom stereocenters. The Kier molecular flexibility index (Phi) is 4.07. The highest BCUT2D eigenvalue weighted by atomic mass is 79.9. The van der Waals surface area contributed by atoms with E-state index in [9.17, 15) is 0 Å². The normalized spacial score (nSPS) is 17.8. The van der Waals surface area contributed by atoms with Crippen LogP contribution in [0.15, 0.2) is 33.1 Å². The second-order valence-electron chi connectivity index (χ2n) is 3.80. The Morgan fingerprint density at radius 1 is 1.50 bits per heavy atom. The van der Waals surface area contributed by atoms with Gasteiger partial charge in [0.15, 0.2) is 4.67 Å². The van der Waals surface area contributed by atoms with Crippen molar-refractivity contribution in [2.75, 3.05) is 13.2 Å². The number of likely N-dealkylation sites (N-methyl/N-ethyl adjacent to an activating group) is 1. The van der Waals surface area contributed by atoms with Gasteiger partial charge < -0.3 is 14.5 Å². The van der Waals surface area contributed by atoms with Crippen LogP contribution in [0, 0.1) is 0 Å². The molecule has 16 heavy (non-hydrogen) atoms. The molecule has 0 aromatic carbocycles. The van der Waals surface area contributed by atoms with Gasteiger partial charge in [-0.25, -0.2) is 0 Å². The SMILES string of the molecule is CCNC(C1=COCCC1)c1ccc(Br)o1. The first-order valence-electron chi connectivity index (χ1n) is 5.60. The minimum Gasteiger partial charge on any atom is -0.501 e. The van der Waals surface area contributed by atoms with Crippen molar-refractivity contribution in [3.63, 3.8) is 0 Å². The van der Waals surface area contributed by atoms with Gasteiger partial charge in [0.1, 0.15) is 5.76 Å². The molecule has 1 aromatic heterocycles. The van der Waals surface area contributed by atoms with Crippen LogP contribution in [0.3, 0.4) is 0 Å². The van der Waals surface area contributed by atoms with Crippen LogP contribution in [-0.4, -0.2) is 13.2 Å². The number of halogens is 1. The van der Waals surface area contributed by atoms with E-state index in [4.69, 9.17) is 9.15 Å². The maximum atomic E-state index is 5.61. The van der Waals surface area contributed by atoms with Gasteiger partial charge in [-0.2, -0.15) is 0 Å². The van der Waals surface area contributed by atoms with Gasteiger partial charge >= 0.3 is 0 Å². The molecular formula is C12H16BrNO2. The Balaban J connectivity index is 2.19. The maximum Gasteiger partial charge on any atom is 0.169 e. The van der Waals surface area contributed by atoms with Crippen molar-refractivity contribution in [1.29, 1.82) is 0 Å². The van der Waals surface area contributed by atoms with Crippen molar-refractivity contribution in [2.45, 2.75) is 25.8 Å². The Morgan fingerprint density at radius 2 is 2.38 bits per heavy atom. The van der Waals surface area contributed by atoms with Crippen molar-refractivity contribution in [3.8, 4) is 0 Å². The topological polar surface area (TPSA) is 34.4 Å². The average molecular weight is 286 g/mol. The molecule has 3 nitrogen and oxygen atoms in total. The second kappa shape index (κ2) is 5.55. The van der Waals surface area contributed by atoms with E-state index in [0.29, 0.717) is 0 Å². The average Bonchev–Trinajstić information content (AvgIpc) is 2.74. The quantitative estimate of drug-likeness (QED) is 0.921. The van der Waals surface area contributed by atoms with Crippen molar-refractivity contribution < 1.29 is 9.15 Å². The number of furan rings is 1. The standard InChI is InChI=1S/C12H16BrNO2/c1-2-14-12(9-4-3-7-15-8-9)10-5-6-11(13)16-10/h5-6,8,12,14H,2-4,7H2,1H3. The summed E-state index contributed by atoms with van der Waals surface area (Å²) in [5.74, 6) is 0.936. The van der Waals surface area contributed by atoms with Gasteiger partial charge in [-0.15, -0.1) is 0 Å². The molecule has 4 heteroatoms. The molecule has 0 spiro atoms. The highest BCUT2D eigenvalue weighted by Crippen LogP contribution is 2.30. The van der Waals surface area contributed by atoms with E-state index in [1.54, 1.807) is 0 Å².